The second-order valence-corrected chi connectivity index (χ2v) is 9.47. The summed E-state index contributed by atoms with van der Waals surface area (Å²) in [5, 5.41) is 10.0. The van der Waals surface area contributed by atoms with Gasteiger partial charge in [0, 0.05) is 38.1 Å². The van der Waals surface area contributed by atoms with Gasteiger partial charge in [0.25, 0.3) is 5.91 Å². The first kappa shape index (κ1) is 26.8. The lowest BCUT2D eigenvalue weighted by atomic mass is 10.2. The minimum Gasteiger partial charge on any atom is -0.369 e. The highest BCUT2D eigenvalue weighted by Crippen LogP contribution is 2.29. The van der Waals surface area contributed by atoms with Crippen LogP contribution in [0.2, 0.25) is 0 Å². The number of ether oxygens (including phenoxy) is 1. The summed E-state index contributed by atoms with van der Waals surface area (Å²) in [5.41, 5.74) is 2.35. The fraction of sp³-hybridized carbons (Fsp3) is 0.333. The predicted octanol–water partition coefficient (Wildman–Crippen LogP) is 3.54. The molecule has 0 bridgehead atoms. The summed E-state index contributed by atoms with van der Waals surface area (Å²) in [5.74, 6) is -1.11. The number of amides is 4. The van der Waals surface area contributed by atoms with Crippen molar-refractivity contribution in [2.45, 2.75) is 25.4 Å². The van der Waals surface area contributed by atoms with E-state index in [2.05, 4.69) is 15.7 Å². The number of carbonyl (C=O) groups is 3. The van der Waals surface area contributed by atoms with Gasteiger partial charge < -0.3 is 25.2 Å². The van der Waals surface area contributed by atoms with Crippen molar-refractivity contribution in [3.63, 3.8) is 0 Å². The second kappa shape index (κ2) is 11.9. The average Bonchev–Trinajstić information content (AvgIpc) is 3.51. The molecule has 1 saturated heterocycles. The number of rotatable bonds is 8. The zero-order valence-corrected chi connectivity index (χ0v) is 21.6. The van der Waals surface area contributed by atoms with Crippen LogP contribution in [0.3, 0.4) is 0 Å². The Hall–Kier alpha value is -4.25. The SMILES string of the molecule is Cc1cccc(NC(=O)N2C[C@@H](n3cc(NC(=O)c4cccc(F)c4)cn3)C[C@H]2COCC(=O)N(C)C)c1. The number of anilines is 2. The van der Waals surface area contributed by atoms with Gasteiger partial charge in [-0.1, -0.05) is 18.2 Å². The van der Waals surface area contributed by atoms with E-state index < -0.39 is 11.7 Å². The predicted molar refractivity (Wildman–Crippen MR) is 140 cm³/mol. The van der Waals surface area contributed by atoms with Crippen molar-refractivity contribution < 1.29 is 23.5 Å². The molecule has 10 nitrogen and oxygen atoms in total. The standard InChI is InChI=1S/C27H31FN6O4/c1-18-6-4-9-21(10-18)31-27(37)33-15-23(12-24(33)16-38-17-25(35)32(2)3)34-14-22(13-29-34)30-26(36)19-7-5-8-20(28)11-19/h4-11,13-14,23-24H,12,15-17H2,1-3H3,(H,30,36)(H,31,37)/t23-,24-/m0/s1. The van der Waals surface area contributed by atoms with Crippen LogP contribution in [0.1, 0.15) is 28.4 Å². The number of benzene rings is 2. The number of halogens is 1. The molecule has 3 aromatic rings. The van der Waals surface area contributed by atoms with Crippen LogP contribution in [-0.2, 0) is 9.53 Å². The summed E-state index contributed by atoms with van der Waals surface area (Å²) in [4.78, 5) is 40.8. The molecule has 1 aliphatic heterocycles. The van der Waals surface area contributed by atoms with E-state index in [4.69, 9.17) is 4.74 Å². The van der Waals surface area contributed by atoms with Crippen LogP contribution in [0.15, 0.2) is 60.9 Å². The number of urea groups is 1. The number of aryl methyl sites for hydroxylation is 1. The molecule has 0 unspecified atom stereocenters. The summed E-state index contributed by atoms with van der Waals surface area (Å²) in [7, 11) is 3.31. The van der Waals surface area contributed by atoms with E-state index in [1.54, 1.807) is 29.9 Å². The Morgan fingerprint density at radius 2 is 1.89 bits per heavy atom. The third-order valence-corrected chi connectivity index (χ3v) is 6.28. The van der Waals surface area contributed by atoms with Gasteiger partial charge in [0.1, 0.15) is 12.4 Å². The van der Waals surface area contributed by atoms with Crippen LogP contribution in [0, 0.1) is 12.7 Å². The van der Waals surface area contributed by atoms with Crippen molar-refractivity contribution in [1.29, 1.82) is 0 Å². The molecule has 4 amide bonds. The molecule has 0 spiro atoms. The number of likely N-dealkylation sites (N-methyl/N-ethyl adjacent to an activating group) is 1. The summed E-state index contributed by atoms with van der Waals surface area (Å²) >= 11 is 0. The maximum atomic E-state index is 13.5. The number of likely N-dealkylation sites (tertiary alicyclic amines) is 1. The largest absolute Gasteiger partial charge is 0.369 e. The van der Waals surface area contributed by atoms with E-state index in [1.807, 2.05) is 31.2 Å². The Morgan fingerprint density at radius 1 is 1.11 bits per heavy atom. The van der Waals surface area contributed by atoms with Gasteiger partial charge in [-0.15, -0.1) is 0 Å². The first-order chi connectivity index (χ1) is 18.2. The van der Waals surface area contributed by atoms with Gasteiger partial charge in [0.05, 0.1) is 30.6 Å². The van der Waals surface area contributed by atoms with E-state index in [0.717, 1.165) is 11.6 Å². The van der Waals surface area contributed by atoms with Gasteiger partial charge in [-0.3, -0.25) is 14.3 Å². The van der Waals surface area contributed by atoms with Gasteiger partial charge in [-0.05, 0) is 49.2 Å². The lowest BCUT2D eigenvalue weighted by molar-refractivity contribution is -0.133. The lowest BCUT2D eigenvalue weighted by Gasteiger charge is -2.25. The molecule has 0 aliphatic carbocycles. The maximum absolute atomic E-state index is 13.5. The minimum absolute atomic E-state index is 0.0838. The molecular weight excluding hydrogens is 491 g/mol. The summed E-state index contributed by atoms with van der Waals surface area (Å²) in [6.07, 6.45) is 3.72. The number of hydrogen-bond donors (Lipinski definition) is 2. The van der Waals surface area contributed by atoms with Gasteiger partial charge >= 0.3 is 6.03 Å². The molecule has 200 valence electrons. The smallest absolute Gasteiger partial charge is 0.322 e. The highest BCUT2D eigenvalue weighted by molar-refractivity contribution is 6.04. The first-order valence-electron chi connectivity index (χ1n) is 12.2. The number of aromatic nitrogens is 2. The number of nitrogens with one attached hydrogen (secondary N) is 2. The van der Waals surface area contributed by atoms with Crippen LogP contribution in [0.25, 0.3) is 0 Å². The highest BCUT2D eigenvalue weighted by atomic mass is 19.1. The van der Waals surface area contributed by atoms with Gasteiger partial charge in [-0.25, -0.2) is 9.18 Å². The van der Waals surface area contributed by atoms with Gasteiger partial charge in [0.2, 0.25) is 5.91 Å². The van der Waals surface area contributed by atoms with Crippen LogP contribution in [0.5, 0.6) is 0 Å². The van der Waals surface area contributed by atoms with Crippen molar-refractivity contribution in [1.82, 2.24) is 19.6 Å². The Balaban J connectivity index is 1.45. The molecule has 2 aromatic carbocycles. The van der Waals surface area contributed by atoms with Crippen LogP contribution >= 0.6 is 0 Å². The lowest BCUT2D eigenvalue weighted by Crippen LogP contribution is -2.41. The van der Waals surface area contributed by atoms with E-state index >= 15 is 0 Å². The number of carbonyl (C=O) groups excluding carboxylic acids is 3. The van der Waals surface area contributed by atoms with Crippen LogP contribution in [0.4, 0.5) is 20.6 Å². The maximum Gasteiger partial charge on any atom is 0.322 e. The van der Waals surface area contributed by atoms with Crippen molar-refractivity contribution in [2.24, 2.45) is 0 Å². The molecule has 2 heterocycles. The molecule has 1 aromatic heterocycles. The molecule has 2 atom stereocenters. The van der Waals surface area contributed by atoms with E-state index in [-0.39, 0.29) is 42.8 Å². The fourth-order valence-corrected chi connectivity index (χ4v) is 4.26. The molecule has 0 radical (unpaired) electrons. The molecule has 2 N–H and O–H groups in total. The van der Waals surface area contributed by atoms with Crippen molar-refractivity contribution in [3.8, 4) is 0 Å². The quantitative estimate of drug-likeness (QED) is 0.471. The normalized spacial score (nSPS) is 16.8. The summed E-state index contributed by atoms with van der Waals surface area (Å²) in [6.45, 7) is 2.40. The van der Waals surface area contributed by atoms with Crippen LogP contribution in [-0.4, -0.2) is 77.3 Å². The number of hydrogen-bond acceptors (Lipinski definition) is 5. The zero-order chi connectivity index (χ0) is 27.2. The highest BCUT2D eigenvalue weighted by Gasteiger charge is 2.37. The summed E-state index contributed by atoms with van der Waals surface area (Å²) < 4.78 is 20.8. The summed E-state index contributed by atoms with van der Waals surface area (Å²) in [6, 6.07) is 12.2. The molecule has 1 aliphatic rings. The Morgan fingerprint density at radius 3 is 2.63 bits per heavy atom. The van der Waals surface area contributed by atoms with Crippen molar-refractivity contribution in [2.75, 3.05) is 44.5 Å². The average molecular weight is 523 g/mol. The van der Waals surface area contributed by atoms with E-state index in [0.29, 0.717) is 24.3 Å². The second-order valence-electron chi connectivity index (χ2n) is 9.47. The monoisotopic (exact) mass is 522 g/mol. The molecular formula is C27H31FN6O4. The van der Waals surface area contributed by atoms with Crippen molar-refractivity contribution >= 4 is 29.2 Å². The van der Waals surface area contributed by atoms with E-state index in [9.17, 15) is 18.8 Å². The molecule has 38 heavy (non-hydrogen) atoms. The topological polar surface area (TPSA) is 109 Å². The minimum atomic E-state index is -0.496. The Labute approximate surface area is 220 Å². The first-order valence-corrected chi connectivity index (χ1v) is 12.2. The van der Waals surface area contributed by atoms with Crippen molar-refractivity contribution in [3.05, 3.63) is 77.9 Å². The Bertz CT molecular complexity index is 1310. The number of nitrogens with zero attached hydrogens (tertiary/aromatic N) is 4. The fourth-order valence-electron chi connectivity index (χ4n) is 4.26. The van der Waals surface area contributed by atoms with E-state index in [1.165, 1.54) is 29.3 Å². The van der Waals surface area contributed by atoms with Gasteiger partial charge in [-0.2, -0.15) is 5.10 Å². The third-order valence-electron chi connectivity index (χ3n) is 6.28. The van der Waals surface area contributed by atoms with Crippen LogP contribution < -0.4 is 10.6 Å². The Kier molecular flexibility index (Phi) is 8.37. The molecule has 4 rings (SSSR count). The molecule has 11 heteroatoms. The molecule has 0 saturated carbocycles. The third kappa shape index (κ3) is 6.74. The molecule has 1 fully saturated rings. The zero-order valence-electron chi connectivity index (χ0n) is 21.6. The van der Waals surface area contributed by atoms with Gasteiger partial charge in [0.15, 0.2) is 0 Å².